The Labute approximate surface area is 186 Å². The monoisotopic (exact) mass is 461 g/mol. The van der Waals surface area contributed by atoms with Crippen molar-refractivity contribution in [3.63, 3.8) is 0 Å². The Bertz CT molecular complexity index is 1230. The molecule has 3 aromatic heterocycles. The van der Waals surface area contributed by atoms with Gasteiger partial charge in [0.15, 0.2) is 15.9 Å². The van der Waals surface area contributed by atoms with Gasteiger partial charge in [-0.05, 0) is 25.5 Å². The maximum atomic E-state index is 12.4. The van der Waals surface area contributed by atoms with E-state index in [-0.39, 0.29) is 5.56 Å². The highest BCUT2D eigenvalue weighted by Gasteiger charge is 2.17. The molecule has 0 amide bonds. The van der Waals surface area contributed by atoms with Crippen LogP contribution in [0.5, 0.6) is 0 Å². The van der Waals surface area contributed by atoms with Crippen LogP contribution in [0.3, 0.4) is 0 Å². The maximum absolute atomic E-state index is 12.4. The van der Waals surface area contributed by atoms with Gasteiger partial charge in [-0.15, -0.1) is 21.5 Å². The number of thiazole rings is 1. The van der Waals surface area contributed by atoms with E-state index < -0.39 is 0 Å². The summed E-state index contributed by atoms with van der Waals surface area (Å²) in [6.07, 6.45) is 0.819. The van der Waals surface area contributed by atoms with Gasteiger partial charge in [0.05, 0.1) is 10.7 Å². The van der Waals surface area contributed by atoms with Gasteiger partial charge in [-0.25, -0.2) is 4.98 Å². The summed E-state index contributed by atoms with van der Waals surface area (Å²) in [4.78, 5) is 17.7. The van der Waals surface area contributed by atoms with Crippen molar-refractivity contribution in [1.29, 1.82) is 0 Å². The molecule has 0 aliphatic rings. The number of rotatable bonds is 8. The molecule has 0 radical (unpaired) electrons. The summed E-state index contributed by atoms with van der Waals surface area (Å²) >= 11 is 9.36. The molecule has 0 spiro atoms. The van der Waals surface area contributed by atoms with Crippen molar-refractivity contribution in [2.24, 2.45) is 0 Å². The third-order valence-corrected chi connectivity index (χ3v) is 6.81. The second-order valence-corrected chi connectivity index (χ2v) is 8.84. The Balaban J connectivity index is 1.62. The molecule has 0 N–H and O–H groups in total. The fourth-order valence-corrected chi connectivity index (χ4v) is 5.09. The van der Waals surface area contributed by atoms with Gasteiger partial charge >= 0.3 is 0 Å². The molecular formula is C20H20ClN5O2S2. The molecule has 7 nitrogen and oxygen atoms in total. The summed E-state index contributed by atoms with van der Waals surface area (Å²) < 4.78 is 8.88. The first-order valence-electron chi connectivity index (χ1n) is 9.35. The molecule has 0 atom stereocenters. The van der Waals surface area contributed by atoms with Crippen LogP contribution in [0, 0.1) is 6.92 Å². The second-order valence-electron chi connectivity index (χ2n) is 6.65. The van der Waals surface area contributed by atoms with Crippen molar-refractivity contribution >= 4 is 39.7 Å². The smallest absolute Gasteiger partial charge is 0.258 e. The van der Waals surface area contributed by atoms with E-state index in [0.717, 1.165) is 34.4 Å². The predicted octanol–water partition coefficient (Wildman–Crippen LogP) is 4.31. The fourth-order valence-electron chi connectivity index (χ4n) is 3.12. The number of thioether (sulfide) groups is 1. The van der Waals surface area contributed by atoms with Crippen molar-refractivity contribution in [2.45, 2.75) is 30.8 Å². The minimum Gasteiger partial charge on any atom is -0.385 e. The van der Waals surface area contributed by atoms with Gasteiger partial charge in [0.2, 0.25) is 0 Å². The quantitative estimate of drug-likeness (QED) is 0.287. The minimum absolute atomic E-state index is 0.0623. The molecule has 156 valence electrons. The largest absolute Gasteiger partial charge is 0.385 e. The normalized spacial score (nSPS) is 11.4. The third kappa shape index (κ3) is 4.29. The molecule has 0 bridgehead atoms. The van der Waals surface area contributed by atoms with E-state index in [9.17, 15) is 4.79 Å². The first-order chi connectivity index (χ1) is 14.6. The van der Waals surface area contributed by atoms with Crippen LogP contribution in [-0.2, 0) is 17.0 Å². The molecule has 4 aromatic rings. The Morgan fingerprint density at radius 1 is 1.27 bits per heavy atom. The number of nitrogens with zero attached hydrogens (tertiary/aromatic N) is 5. The van der Waals surface area contributed by atoms with E-state index in [1.165, 1.54) is 23.1 Å². The van der Waals surface area contributed by atoms with Crippen molar-refractivity contribution in [1.82, 2.24) is 24.1 Å². The Kier molecular flexibility index (Phi) is 6.52. The van der Waals surface area contributed by atoms with E-state index in [1.54, 1.807) is 17.6 Å². The molecule has 4 rings (SSSR count). The SMILES string of the molecule is COCCCn1c(SCc2cc(=O)n3c(C)csc3n2)nnc1-c1ccccc1Cl. The van der Waals surface area contributed by atoms with Crippen LogP contribution in [0.1, 0.15) is 17.8 Å². The van der Waals surface area contributed by atoms with Crippen molar-refractivity contribution < 1.29 is 4.74 Å². The number of benzene rings is 1. The topological polar surface area (TPSA) is 74.3 Å². The van der Waals surface area contributed by atoms with Crippen LogP contribution in [0.25, 0.3) is 16.3 Å². The van der Waals surface area contributed by atoms with Crippen LogP contribution in [0.15, 0.2) is 45.7 Å². The van der Waals surface area contributed by atoms with Gasteiger partial charge in [0, 0.05) is 48.7 Å². The molecule has 0 aliphatic heterocycles. The molecule has 10 heteroatoms. The molecule has 0 unspecified atom stereocenters. The summed E-state index contributed by atoms with van der Waals surface area (Å²) in [5.41, 5.74) is 2.39. The van der Waals surface area contributed by atoms with Gasteiger partial charge < -0.3 is 9.30 Å². The van der Waals surface area contributed by atoms with E-state index >= 15 is 0 Å². The molecule has 3 heterocycles. The van der Waals surface area contributed by atoms with Crippen molar-refractivity contribution in [3.8, 4) is 11.4 Å². The van der Waals surface area contributed by atoms with Gasteiger partial charge in [-0.2, -0.15) is 0 Å². The Hall–Kier alpha value is -2.20. The van der Waals surface area contributed by atoms with Crippen LogP contribution in [0.4, 0.5) is 0 Å². The first kappa shape index (κ1) is 21.0. The number of hydrogen-bond donors (Lipinski definition) is 0. The lowest BCUT2D eigenvalue weighted by molar-refractivity contribution is 0.189. The molecule has 30 heavy (non-hydrogen) atoms. The lowest BCUT2D eigenvalue weighted by atomic mass is 10.2. The first-order valence-corrected chi connectivity index (χ1v) is 11.6. The Morgan fingerprint density at radius 3 is 2.90 bits per heavy atom. The van der Waals surface area contributed by atoms with Gasteiger partial charge in [0.25, 0.3) is 5.56 Å². The lowest BCUT2D eigenvalue weighted by Gasteiger charge is -2.11. The second kappa shape index (κ2) is 9.30. The lowest BCUT2D eigenvalue weighted by Crippen LogP contribution is -2.14. The van der Waals surface area contributed by atoms with Gasteiger partial charge in [-0.3, -0.25) is 9.20 Å². The standard InChI is InChI=1S/C20H20ClN5O2S2/c1-13-11-29-19-22-14(10-17(27)26(13)19)12-30-20-24-23-18(25(20)8-5-9-28-2)15-6-3-4-7-16(15)21/h3-4,6-7,10-11H,5,8-9,12H2,1-2H3. The summed E-state index contributed by atoms with van der Waals surface area (Å²) in [5.74, 6) is 1.24. The van der Waals surface area contributed by atoms with E-state index in [0.29, 0.717) is 28.9 Å². The van der Waals surface area contributed by atoms with Crippen LogP contribution < -0.4 is 5.56 Å². The van der Waals surface area contributed by atoms with Crippen molar-refractivity contribution in [3.05, 3.63) is 62.5 Å². The minimum atomic E-state index is -0.0623. The average Bonchev–Trinajstić information content (AvgIpc) is 3.31. The summed E-state index contributed by atoms with van der Waals surface area (Å²) in [5, 5.41) is 12.1. The van der Waals surface area contributed by atoms with Crippen molar-refractivity contribution in [2.75, 3.05) is 13.7 Å². The predicted molar refractivity (Wildman–Crippen MR) is 121 cm³/mol. The molecule has 0 aliphatic carbocycles. The number of ether oxygens (including phenoxy) is 1. The molecule has 0 saturated carbocycles. The number of aromatic nitrogens is 5. The Morgan fingerprint density at radius 2 is 2.10 bits per heavy atom. The van der Waals surface area contributed by atoms with Crippen LogP contribution in [0.2, 0.25) is 5.02 Å². The number of hydrogen-bond acceptors (Lipinski definition) is 7. The summed E-state index contributed by atoms with van der Waals surface area (Å²) in [6, 6.07) is 9.18. The van der Waals surface area contributed by atoms with Gasteiger partial charge in [-0.1, -0.05) is 35.5 Å². The average molecular weight is 462 g/mol. The van der Waals surface area contributed by atoms with Crippen LogP contribution in [-0.4, -0.2) is 37.9 Å². The highest BCUT2D eigenvalue weighted by molar-refractivity contribution is 7.98. The summed E-state index contributed by atoms with van der Waals surface area (Å²) in [6.45, 7) is 3.24. The number of aryl methyl sites for hydroxylation is 1. The highest BCUT2D eigenvalue weighted by atomic mass is 35.5. The molecule has 0 saturated heterocycles. The zero-order valence-electron chi connectivity index (χ0n) is 16.5. The zero-order valence-corrected chi connectivity index (χ0v) is 18.9. The van der Waals surface area contributed by atoms with E-state index in [2.05, 4.69) is 15.2 Å². The molecule has 1 aromatic carbocycles. The van der Waals surface area contributed by atoms with E-state index in [1.807, 2.05) is 41.1 Å². The maximum Gasteiger partial charge on any atom is 0.258 e. The number of fused-ring (bicyclic) bond motifs is 1. The molecule has 0 fully saturated rings. The van der Waals surface area contributed by atoms with E-state index in [4.69, 9.17) is 16.3 Å². The summed E-state index contributed by atoms with van der Waals surface area (Å²) in [7, 11) is 1.68. The highest BCUT2D eigenvalue weighted by Crippen LogP contribution is 2.30. The fraction of sp³-hybridized carbons (Fsp3) is 0.300. The zero-order chi connectivity index (χ0) is 21.1. The van der Waals surface area contributed by atoms with Gasteiger partial charge in [0.1, 0.15) is 0 Å². The third-order valence-electron chi connectivity index (χ3n) is 4.54. The van der Waals surface area contributed by atoms with Crippen LogP contribution >= 0.6 is 34.7 Å². The number of halogens is 1. The number of methoxy groups -OCH3 is 1. The molecular weight excluding hydrogens is 442 g/mol.